The van der Waals surface area contributed by atoms with Crippen molar-refractivity contribution in [2.45, 2.75) is 12.8 Å². The molecule has 0 radical (unpaired) electrons. The van der Waals surface area contributed by atoms with E-state index >= 15 is 0 Å². The smallest absolute Gasteiger partial charge is 0.318 e. The fourth-order valence-corrected chi connectivity index (χ4v) is 1.88. The van der Waals surface area contributed by atoms with Crippen molar-refractivity contribution in [2.75, 3.05) is 23.9 Å². The van der Waals surface area contributed by atoms with Crippen molar-refractivity contribution < 1.29 is 9.21 Å². The molecule has 0 saturated carbocycles. The first kappa shape index (κ1) is 11.2. The van der Waals surface area contributed by atoms with Crippen molar-refractivity contribution in [1.29, 1.82) is 0 Å². The maximum Gasteiger partial charge on any atom is 0.318 e. The monoisotopic (exact) mass is 244 g/mol. The summed E-state index contributed by atoms with van der Waals surface area (Å²) in [5, 5.41) is 7.77. The van der Waals surface area contributed by atoms with Crippen LogP contribution in [0.1, 0.15) is 12.3 Å². The summed E-state index contributed by atoms with van der Waals surface area (Å²) in [5.74, 6) is 0.574. The van der Waals surface area contributed by atoms with Crippen molar-refractivity contribution in [2.24, 2.45) is 11.7 Å². The average molecular weight is 245 g/mol. The number of carbonyl (C=O) groups excluding carboxylic acids is 1. The molecule has 1 aromatic heterocycles. The molecular weight excluding hydrogens is 232 g/mol. The van der Waals surface area contributed by atoms with E-state index in [9.17, 15) is 4.79 Å². The number of hydrogen-bond acceptors (Lipinski definition) is 5. The Labute approximate surface area is 97.7 Å². The minimum atomic E-state index is -0.275. The molecule has 1 atom stereocenters. The van der Waals surface area contributed by atoms with Crippen LogP contribution in [0, 0.1) is 5.92 Å². The highest BCUT2D eigenvalue weighted by molar-refractivity contribution is 6.17. The maximum atomic E-state index is 11.0. The Morgan fingerprint density at radius 1 is 1.62 bits per heavy atom. The molecule has 1 aliphatic rings. The molecule has 1 saturated heterocycles. The van der Waals surface area contributed by atoms with Gasteiger partial charge in [0.25, 0.3) is 0 Å². The highest BCUT2D eigenvalue weighted by Gasteiger charge is 2.29. The summed E-state index contributed by atoms with van der Waals surface area (Å²) < 4.78 is 5.40. The van der Waals surface area contributed by atoms with E-state index in [0.717, 1.165) is 13.0 Å². The highest BCUT2D eigenvalue weighted by atomic mass is 35.5. The van der Waals surface area contributed by atoms with Crippen LogP contribution >= 0.6 is 11.6 Å². The Morgan fingerprint density at radius 2 is 2.44 bits per heavy atom. The molecule has 0 aromatic carbocycles. The third-order valence-electron chi connectivity index (χ3n) is 2.63. The molecule has 6 nitrogen and oxygen atoms in total. The van der Waals surface area contributed by atoms with Gasteiger partial charge >= 0.3 is 6.01 Å². The van der Waals surface area contributed by atoms with Crippen LogP contribution in [0.5, 0.6) is 0 Å². The van der Waals surface area contributed by atoms with E-state index in [-0.39, 0.29) is 11.8 Å². The fourth-order valence-electron chi connectivity index (χ4n) is 1.72. The van der Waals surface area contributed by atoms with Gasteiger partial charge in [-0.05, 0) is 6.42 Å². The van der Waals surface area contributed by atoms with Gasteiger partial charge in [0.1, 0.15) is 0 Å². The number of alkyl halides is 1. The molecule has 0 spiro atoms. The summed E-state index contributed by atoms with van der Waals surface area (Å²) in [7, 11) is 0. The van der Waals surface area contributed by atoms with Gasteiger partial charge in [0.15, 0.2) is 0 Å². The number of rotatable bonds is 4. The summed E-state index contributed by atoms with van der Waals surface area (Å²) in [6.45, 7) is 1.27. The molecule has 1 unspecified atom stereocenters. The van der Waals surface area contributed by atoms with Crippen molar-refractivity contribution in [3.8, 4) is 0 Å². The first-order valence-corrected chi connectivity index (χ1v) is 5.66. The fraction of sp³-hybridized carbons (Fsp3) is 0.667. The van der Waals surface area contributed by atoms with E-state index in [1.165, 1.54) is 0 Å². The summed E-state index contributed by atoms with van der Waals surface area (Å²) in [4.78, 5) is 12.9. The number of amides is 1. The molecule has 7 heteroatoms. The molecule has 1 fully saturated rings. The zero-order chi connectivity index (χ0) is 11.5. The first-order chi connectivity index (χ1) is 7.70. The molecule has 16 heavy (non-hydrogen) atoms. The number of hydrogen-bond donors (Lipinski definition) is 1. The van der Waals surface area contributed by atoms with Crippen molar-refractivity contribution in [3.63, 3.8) is 0 Å². The maximum absolute atomic E-state index is 11.0. The number of halogens is 1. The van der Waals surface area contributed by atoms with E-state index < -0.39 is 0 Å². The number of carbonyl (C=O) groups is 1. The Kier molecular flexibility index (Phi) is 3.28. The van der Waals surface area contributed by atoms with Crippen LogP contribution in [0.3, 0.4) is 0 Å². The molecule has 88 valence electrons. The third-order valence-corrected chi connectivity index (χ3v) is 2.81. The van der Waals surface area contributed by atoms with Crippen LogP contribution in [0.2, 0.25) is 0 Å². The lowest BCUT2D eigenvalue weighted by molar-refractivity contribution is -0.121. The normalized spacial score (nSPS) is 20.3. The average Bonchev–Trinajstić information content (AvgIpc) is 2.84. The van der Waals surface area contributed by atoms with Gasteiger partial charge in [-0.15, -0.1) is 16.7 Å². The van der Waals surface area contributed by atoms with Gasteiger partial charge in [-0.3, -0.25) is 4.79 Å². The Morgan fingerprint density at radius 3 is 3.06 bits per heavy atom. The van der Waals surface area contributed by atoms with E-state index in [0.29, 0.717) is 30.8 Å². The van der Waals surface area contributed by atoms with Crippen LogP contribution in [-0.2, 0) is 11.2 Å². The summed E-state index contributed by atoms with van der Waals surface area (Å²) >= 11 is 5.57. The Balaban J connectivity index is 2.00. The lowest BCUT2D eigenvalue weighted by Gasteiger charge is -2.11. The molecule has 0 bridgehead atoms. The van der Waals surface area contributed by atoms with Crippen LogP contribution in [0.4, 0.5) is 6.01 Å². The standard InChI is InChI=1S/C9H13ClN4O2/c10-3-1-7-12-13-9(16-7)14-4-2-6(5-14)8(11)15/h6H,1-5H2,(H2,11,15). The first-order valence-electron chi connectivity index (χ1n) is 5.13. The molecule has 1 amide bonds. The SMILES string of the molecule is NC(=O)C1CCN(c2nnc(CCCl)o2)C1. The van der Waals surface area contributed by atoms with E-state index in [4.69, 9.17) is 21.8 Å². The van der Waals surface area contributed by atoms with E-state index in [1.54, 1.807) is 0 Å². The van der Waals surface area contributed by atoms with Crippen LogP contribution < -0.4 is 10.6 Å². The lowest BCUT2D eigenvalue weighted by Crippen LogP contribution is -2.27. The van der Waals surface area contributed by atoms with Gasteiger partial charge in [0.2, 0.25) is 11.8 Å². The van der Waals surface area contributed by atoms with Gasteiger partial charge in [-0.2, -0.15) is 0 Å². The van der Waals surface area contributed by atoms with Crippen molar-refractivity contribution in [3.05, 3.63) is 5.89 Å². The van der Waals surface area contributed by atoms with Gasteiger partial charge < -0.3 is 15.1 Å². The van der Waals surface area contributed by atoms with E-state index in [2.05, 4.69) is 10.2 Å². The predicted molar refractivity (Wildman–Crippen MR) is 58.2 cm³/mol. The molecule has 0 aliphatic carbocycles. The van der Waals surface area contributed by atoms with Gasteiger partial charge in [0, 0.05) is 25.4 Å². The van der Waals surface area contributed by atoms with E-state index in [1.807, 2.05) is 4.90 Å². The number of nitrogens with zero attached hydrogens (tertiary/aromatic N) is 3. The molecule has 2 N–H and O–H groups in total. The Bertz CT molecular complexity index is 381. The second kappa shape index (κ2) is 4.69. The van der Waals surface area contributed by atoms with Crippen molar-refractivity contribution in [1.82, 2.24) is 10.2 Å². The highest BCUT2D eigenvalue weighted by Crippen LogP contribution is 2.22. The van der Waals surface area contributed by atoms with Gasteiger partial charge in [0.05, 0.1) is 5.92 Å². The van der Waals surface area contributed by atoms with Crippen molar-refractivity contribution >= 4 is 23.5 Å². The largest absolute Gasteiger partial charge is 0.408 e. The zero-order valence-corrected chi connectivity index (χ0v) is 9.48. The minimum absolute atomic E-state index is 0.122. The molecule has 2 heterocycles. The number of aromatic nitrogens is 2. The number of aryl methyl sites for hydroxylation is 1. The lowest BCUT2D eigenvalue weighted by atomic mass is 10.1. The molecule has 1 aliphatic heterocycles. The third kappa shape index (κ3) is 2.27. The number of anilines is 1. The molecule has 2 rings (SSSR count). The second-order valence-corrected chi connectivity index (χ2v) is 4.13. The summed E-state index contributed by atoms with van der Waals surface area (Å²) in [5.41, 5.74) is 5.24. The number of primary amides is 1. The quantitative estimate of drug-likeness (QED) is 0.763. The van der Waals surface area contributed by atoms with Crippen LogP contribution in [0.15, 0.2) is 4.42 Å². The second-order valence-electron chi connectivity index (χ2n) is 3.75. The number of nitrogens with two attached hydrogens (primary N) is 1. The molecular formula is C9H13ClN4O2. The predicted octanol–water partition coefficient (Wildman–Crippen LogP) is 0.162. The zero-order valence-electron chi connectivity index (χ0n) is 8.73. The van der Waals surface area contributed by atoms with Crippen LogP contribution in [-0.4, -0.2) is 35.1 Å². The topological polar surface area (TPSA) is 85.3 Å². The van der Waals surface area contributed by atoms with Gasteiger partial charge in [-0.1, -0.05) is 5.10 Å². The van der Waals surface area contributed by atoms with Crippen LogP contribution in [0.25, 0.3) is 0 Å². The summed E-state index contributed by atoms with van der Waals surface area (Å²) in [6.07, 6.45) is 1.30. The minimum Gasteiger partial charge on any atom is -0.408 e. The summed E-state index contributed by atoms with van der Waals surface area (Å²) in [6, 6.07) is 0.448. The van der Waals surface area contributed by atoms with Gasteiger partial charge in [-0.25, -0.2) is 0 Å². The Hall–Kier alpha value is -1.30. The molecule has 1 aromatic rings.